The van der Waals surface area contributed by atoms with Crippen LogP contribution in [-0.4, -0.2) is 26.7 Å². The second kappa shape index (κ2) is 7.03. The summed E-state index contributed by atoms with van der Waals surface area (Å²) < 4.78 is 40.6. The van der Waals surface area contributed by atoms with Gasteiger partial charge in [0.15, 0.2) is 0 Å². The van der Waals surface area contributed by atoms with Crippen molar-refractivity contribution in [3.8, 4) is 11.8 Å². The topological polar surface area (TPSA) is 66.4 Å². The molecular weight excluding hydrogens is 293 g/mol. The lowest BCUT2D eigenvalue weighted by Crippen LogP contribution is -2.29. The molecule has 2 rings (SSSR count). The van der Waals surface area contributed by atoms with E-state index in [4.69, 9.17) is 5.11 Å². The van der Waals surface area contributed by atoms with Crippen LogP contribution < -0.4 is 4.72 Å². The molecule has 0 unspecified atom stereocenters. The molecule has 0 bridgehead atoms. The Kier molecular flexibility index (Phi) is 5.34. The molecule has 0 radical (unpaired) electrons. The van der Waals surface area contributed by atoms with Gasteiger partial charge >= 0.3 is 0 Å². The maximum atomic E-state index is 13.9. The highest BCUT2D eigenvalue weighted by Crippen LogP contribution is 2.24. The van der Waals surface area contributed by atoms with Gasteiger partial charge in [0, 0.05) is 12.1 Å². The molecule has 1 fully saturated rings. The molecule has 21 heavy (non-hydrogen) atoms. The molecule has 0 amide bonds. The van der Waals surface area contributed by atoms with Crippen LogP contribution in [0.2, 0.25) is 0 Å². The zero-order valence-electron chi connectivity index (χ0n) is 11.6. The van der Waals surface area contributed by atoms with Crippen molar-refractivity contribution < 1.29 is 17.9 Å². The minimum Gasteiger partial charge on any atom is -0.384 e. The lowest BCUT2D eigenvalue weighted by molar-refractivity contribution is 0.350. The van der Waals surface area contributed by atoms with Gasteiger partial charge in [0.2, 0.25) is 10.0 Å². The predicted octanol–water partition coefficient (Wildman–Crippen LogP) is 1.64. The van der Waals surface area contributed by atoms with Gasteiger partial charge in [-0.1, -0.05) is 24.7 Å². The Balaban J connectivity index is 2.11. The van der Waals surface area contributed by atoms with Crippen LogP contribution >= 0.6 is 0 Å². The van der Waals surface area contributed by atoms with E-state index < -0.39 is 15.8 Å². The highest BCUT2D eigenvalue weighted by atomic mass is 32.2. The van der Waals surface area contributed by atoms with E-state index in [-0.39, 0.29) is 11.5 Å². The summed E-state index contributed by atoms with van der Waals surface area (Å²) in [6.45, 7) is 0.0262. The van der Waals surface area contributed by atoms with E-state index in [0.717, 1.165) is 31.7 Å². The Morgan fingerprint density at radius 3 is 2.67 bits per heavy atom. The third kappa shape index (κ3) is 4.27. The van der Waals surface area contributed by atoms with E-state index in [1.54, 1.807) is 0 Å². The minimum absolute atomic E-state index is 0.329. The molecule has 0 aromatic heterocycles. The molecule has 1 aromatic rings. The van der Waals surface area contributed by atoms with Crippen LogP contribution in [0.5, 0.6) is 0 Å². The summed E-state index contributed by atoms with van der Waals surface area (Å²) in [6, 6.07) is 3.69. The number of nitrogens with one attached hydrogen (secondary N) is 1. The van der Waals surface area contributed by atoms with E-state index in [1.165, 1.54) is 12.1 Å². The molecule has 0 saturated heterocycles. The molecule has 2 N–H and O–H groups in total. The molecule has 4 nitrogen and oxygen atoms in total. The van der Waals surface area contributed by atoms with Crippen molar-refractivity contribution in [1.82, 2.24) is 4.72 Å². The maximum absolute atomic E-state index is 13.9. The summed E-state index contributed by atoms with van der Waals surface area (Å²) in [5.74, 6) is 4.43. The van der Waals surface area contributed by atoms with E-state index in [0.29, 0.717) is 18.0 Å². The Hall–Kier alpha value is -1.42. The normalized spacial score (nSPS) is 15.7. The van der Waals surface area contributed by atoms with Gasteiger partial charge in [-0.15, -0.1) is 0 Å². The molecule has 1 saturated carbocycles. The van der Waals surface area contributed by atoms with Gasteiger partial charge in [-0.25, -0.2) is 17.5 Å². The van der Waals surface area contributed by atoms with Crippen LogP contribution in [0, 0.1) is 23.6 Å². The van der Waals surface area contributed by atoms with Crippen molar-refractivity contribution in [3.05, 3.63) is 29.6 Å². The molecular formula is C15H18FNO3S. The number of aliphatic hydroxyl groups excluding tert-OH is 1. The first-order chi connectivity index (χ1) is 10.0. The molecule has 0 aliphatic heterocycles. The fourth-order valence-electron chi connectivity index (χ4n) is 2.46. The molecule has 6 heteroatoms. The highest BCUT2D eigenvalue weighted by molar-refractivity contribution is 7.89. The monoisotopic (exact) mass is 311 g/mol. The molecule has 1 aromatic carbocycles. The Morgan fingerprint density at radius 2 is 2.05 bits per heavy atom. The SMILES string of the molecule is O=S(=O)(NCC1CCCC1)c1ccc(C#CCO)cc1F. The van der Waals surface area contributed by atoms with Crippen molar-refractivity contribution in [3.63, 3.8) is 0 Å². The second-order valence-electron chi connectivity index (χ2n) is 5.11. The second-order valence-corrected chi connectivity index (χ2v) is 6.84. The first kappa shape index (κ1) is 16.0. The molecule has 0 atom stereocenters. The summed E-state index contributed by atoms with van der Waals surface area (Å²) in [5.41, 5.74) is 0.330. The molecule has 0 heterocycles. The van der Waals surface area contributed by atoms with Gasteiger partial charge in [-0.05, 0) is 37.0 Å². The fraction of sp³-hybridized carbons (Fsp3) is 0.467. The number of hydrogen-bond acceptors (Lipinski definition) is 3. The van der Waals surface area contributed by atoms with E-state index in [1.807, 2.05) is 0 Å². The zero-order valence-corrected chi connectivity index (χ0v) is 12.4. The number of hydrogen-bond donors (Lipinski definition) is 2. The van der Waals surface area contributed by atoms with Gasteiger partial charge in [0.1, 0.15) is 17.3 Å². The van der Waals surface area contributed by atoms with Crippen LogP contribution in [0.15, 0.2) is 23.1 Å². The lowest BCUT2D eigenvalue weighted by Gasteiger charge is -2.11. The summed E-state index contributed by atoms with van der Waals surface area (Å²) in [4.78, 5) is -0.366. The molecule has 0 spiro atoms. The van der Waals surface area contributed by atoms with Crippen molar-refractivity contribution in [2.24, 2.45) is 5.92 Å². The van der Waals surface area contributed by atoms with Crippen LogP contribution in [0.25, 0.3) is 0 Å². The Morgan fingerprint density at radius 1 is 1.33 bits per heavy atom. The van der Waals surface area contributed by atoms with Gasteiger partial charge in [0.25, 0.3) is 0 Å². The third-order valence-corrected chi connectivity index (χ3v) is 5.03. The summed E-state index contributed by atoms with van der Waals surface area (Å²) in [6.07, 6.45) is 4.28. The van der Waals surface area contributed by atoms with Crippen molar-refractivity contribution >= 4 is 10.0 Å². The molecule has 114 valence electrons. The number of rotatable bonds is 4. The van der Waals surface area contributed by atoms with Crippen molar-refractivity contribution in [1.29, 1.82) is 0 Å². The van der Waals surface area contributed by atoms with Gasteiger partial charge in [-0.3, -0.25) is 0 Å². The van der Waals surface area contributed by atoms with E-state index in [9.17, 15) is 12.8 Å². The predicted molar refractivity (Wildman–Crippen MR) is 77.5 cm³/mol. The lowest BCUT2D eigenvalue weighted by atomic mass is 10.1. The van der Waals surface area contributed by atoms with Crippen molar-refractivity contribution in [2.75, 3.05) is 13.2 Å². The third-order valence-electron chi connectivity index (χ3n) is 3.57. The van der Waals surface area contributed by atoms with E-state index >= 15 is 0 Å². The quantitative estimate of drug-likeness (QED) is 0.831. The Labute approximate surface area is 124 Å². The average Bonchev–Trinajstić information content (AvgIpc) is 2.96. The number of aliphatic hydroxyl groups is 1. The van der Waals surface area contributed by atoms with Crippen LogP contribution in [-0.2, 0) is 10.0 Å². The average molecular weight is 311 g/mol. The fourth-order valence-corrected chi connectivity index (χ4v) is 3.63. The first-order valence-electron chi connectivity index (χ1n) is 6.92. The summed E-state index contributed by atoms with van der Waals surface area (Å²) >= 11 is 0. The number of halogens is 1. The number of benzene rings is 1. The molecule has 1 aliphatic rings. The van der Waals surface area contributed by atoms with Gasteiger partial charge in [0.05, 0.1) is 0 Å². The minimum atomic E-state index is -3.84. The van der Waals surface area contributed by atoms with Crippen molar-refractivity contribution in [2.45, 2.75) is 30.6 Å². The number of sulfonamides is 1. The first-order valence-corrected chi connectivity index (χ1v) is 8.40. The van der Waals surface area contributed by atoms with E-state index in [2.05, 4.69) is 16.6 Å². The highest BCUT2D eigenvalue weighted by Gasteiger charge is 2.22. The largest absolute Gasteiger partial charge is 0.384 e. The van der Waals surface area contributed by atoms with Gasteiger partial charge < -0.3 is 5.11 Å². The van der Waals surface area contributed by atoms with Crippen LogP contribution in [0.3, 0.4) is 0 Å². The smallest absolute Gasteiger partial charge is 0.243 e. The zero-order chi connectivity index (χ0) is 15.3. The van der Waals surface area contributed by atoms with Crippen LogP contribution in [0.1, 0.15) is 31.2 Å². The van der Waals surface area contributed by atoms with Crippen LogP contribution in [0.4, 0.5) is 4.39 Å². The maximum Gasteiger partial charge on any atom is 0.243 e. The summed E-state index contributed by atoms with van der Waals surface area (Å²) in [5, 5.41) is 8.58. The summed E-state index contributed by atoms with van der Waals surface area (Å²) in [7, 11) is -3.84. The standard InChI is InChI=1S/C15H18FNO3S/c16-14-10-12(6-3-9-18)7-8-15(14)21(19,20)17-11-13-4-1-2-5-13/h7-8,10,13,17-18H,1-2,4-5,9,11H2. The Bertz CT molecular complexity index is 655. The molecule has 1 aliphatic carbocycles. The van der Waals surface area contributed by atoms with Gasteiger partial charge in [-0.2, -0.15) is 0 Å².